The van der Waals surface area contributed by atoms with E-state index in [2.05, 4.69) is 143 Å². The Kier molecular flexibility index (Phi) is 11.5. The van der Waals surface area contributed by atoms with Gasteiger partial charge in [0, 0.05) is 68.7 Å². The standard InChI is InChI=1S/C72H46N8/c1-3-17-45(18-4-1)67-75-69(79-71(77-67)55-27-15-23-51(41-55)63-31-9-11-37-73-63)53-25-13-21-47(39-53)49-33-35-59-61(43-49)65-57-29-7-8-30-58(57)66(59)62-44-50(34-36-60(62)65)48-22-14-26-54(40-48)70-76-68(46-19-5-2-6-20-46)78-72(80-70)56-28-16-24-52(42-56)64-32-10-12-38-74-64/h1-44,65-66H. The number of benzene rings is 9. The summed E-state index contributed by atoms with van der Waals surface area (Å²) < 4.78 is 0. The second-order valence-electron chi connectivity index (χ2n) is 20.3. The van der Waals surface area contributed by atoms with Crippen molar-refractivity contribution in [3.8, 4) is 113 Å². The molecule has 2 unspecified atom stereocenters. The molecule has 0 saturated carbocycles. The smallest absolute Gasteiger partial charge is 0.164 e. The molecule has 80 heavy (non-hydrogen) atoms. The Bertz CT molecular complexity index is 4200. The van der Waals surface area contributed by atoms with Crippen LogP contribution in [0.2, 0.25) is 0 Å². The average Bonchev–Trinajstić information content (AvgIpc) is 3.61. The minimum Gasteiger partial charge on any atom is -0.256 e. The number of rotatable bonds is 10. The van der Waals surface area contributed by atoms with Gasteiger partial charge in [0.15, 0.2) is 34.9 Å². The molecule has 0 aliphatic heterocycles. The van der Waals surface area contributed by atoms with Crippen LogP contribution in [0.4, 0.5) is 0 Å². The first kappa shape index (κ1) is 46.6. The molecular formula is C72H46N8. The van der Waals surface area contributed by atoms with Gasteiger partial charge in [-0.3, -0.25) is 9.97 Å². The van der Waals surface area contributed by atoms with E-state index >= 15 is 0 Å². The van der Waals surface area contributed by atoms with Crippen LogP contribution in [-0.4, -0.2) is 39.9 Å². The Morgan fingerprint density at radius 3 is 0.850 bits per heavy atom. The highest BCUT2D eigenvalue weighted by Gasteiger charge is 2.41. The van der Waals surface area contributed by atoms with Crippen molar-refractivity contribution in [2.24, 2.45) is 0 Å². The van der Waals surface area contributed by atoms with Gasteiger partial charge in [-0.15, -0.1) is 0 Å². The second kappa shape index (κ2) is 19.7. The minimum absolute atomic E-state index is 0.0716. The van der Waals surface area contributed by atoms with Crippen LogP contribution in [0.25, 0.3) is 113 Å². The van der Waals surface area contributed by atoms with Crippen molar-refractivity contribution in [1.29, 1.82) is 0 Å². The SMILES string of the molecule is c1ccc(-c2nc(-c3cccc(-c4ccc5c(c4)C4c6ccccc6C5c5cc(-c6cccc(-c7nc(-c8ccccc8)nc(-c8cccc(-c9ccccn9)c8)n7)c6)ccc54)c3)nc(-c3cccc(-c4ccccn4)c3)n2)cc1. The zero-order chi connectivity index (χ0) is 52.9. The Morgan fingerprint density at radius 2 is 0.475 bits per heavy atom. The molecule has 0 saturated heterocycles. The predicted molar refractivity (Wildman–Crippen MR) is 318 cm³/mol. The van der Waals surface area contributed by atoms with Crippen LogP contribution in [0.5, 0.6) is 0 Å². The summed E-state index contributed by atoms with van der Waals surface area (Å²) in [5.41, 5.74) is 21.8. The maximum atomic E-state index is 5.16. The highest BCUT2D eigenvalue weighted by atomic mass is 15.0. The molecule has 3 aliphatic carbocycles. The van der Waals surface area contributed by atoms with Crippen LogP contribution in [0, 0.1) is 0 Å². The topological polar surface area (TPSA) is 103 Å². The predicted octanol–water partition coefficient (Wildman–Crippen LogP) is 16.5. The molecule has 0 fully saturated rings. The third kappa shape index (κ3) is 8.52. The van der Waals surface area contributed by atoms with E-state index in [1.807, 2.05) is 134 Å². The largest absolute Gasteiger partial charge is 0.256 e. The van der Waals surface area contributed by atoms with Gasteiger partial charge in [-0.1, -0.05) is 194 Å². The molecule has 0 N–H and O–H groups in total. The molecule has 8 nitrogen and oxygen atoms in total. The average molecular weight is 1020 g/mol. The van der Waals surface area contributed by atoms with Crippen molar-refractivity contribution in [3.63, 3.8) is 0 Å². The molecule has 3 aliphatic rings. The minimum atomic E-state index is 0.0716. The zero-order valence-electron chi connectivity index (χ0n) is 43.1. The van der Waals surface area contributed by atoms with Crippen LogP contribution in [0.15, 0.2) is 267 Å². The number of hydrogen-bond acceptors (Lipinski definition) is 8. The first-order chi connectivity index (χ1) is 39.6. The van der Waals surface area contributed by atoms with Gasteiger partial charge in [-0.2, -0.15) is 0 Å². The van der Waals surface area contributed by atoms with E-state index in [-0.39, 0.29) is 11.8 Å². The molecule has 374 valence electrons. The maximum Gasteiger partial charge on any atom is 0.164 e. The number of pyridine rings is 2. The van der Waals surface area contributed by atoms with Gasteiger partial charge in [0.2, 0.25) is 0 Å². The van der Waals surface area contributed by atoms with Crippen LogP contribution < -0.4 is 0 Å². The van der Waals surface area contributed by atoms with E-state index in [0.717, 1.165) is 78.1 Å². The summed E-state index contributed by atoms with van der Waals surface area (Å²) in [5, 5.41) is 0. The van der Waals surface area contributed by atoms with Crippen molar-refractivity contribution >= 4 is 0 Å². The summed E-state index contributed by atoms with van der Waals surface area (Å²) in [7, 11) is 0. The van der Waals surface area contributed by atoms with E-state index < -0.39 is 0 Å². The fraction of sp³-hybridized carbons (Fsp3) is 0.0278. The lowest BCUT2D eigenvalue weighted by atomic mass is 9.60. The third-order valence-electron chi connectivity index (χ3n) is 15.4. The lowest BCUT2D eigenvalue weighted by molar-refractivity contribution is 0.755. The summed E-state index contributed by atoms with van der Waals surface area (Å²) in [6.45, 7) is 0. The van der Waals surface area contributed by atoms with E-state index in [1.54, 1.807) is 0 Å². The van der Waals surface area contributed by atoms with E-state index in [9.17, 15) is 0 Å². The monoisotopic (exact) mass is 1020 g/mol. The summed E-state index contributed by atoms with van der Waals surface area (Å²) in [4.78, 5) is 39.8. The van der Waals surface area contributed by atoms with Crippen LogP contribution in [0.1, 0.15) is 45.2 Å². The Morgan fingerprint density at radius 1 is 0.188 bits per heavy atom. The number of aromatic nitrogens is 8. The fourth-order valence-electron chi connectivity index (χ4n) is 11.7. The highest BCUT2D eigenvalue weighted by Crippen LogP contribution is 2.57. The molecular weight excluding hydrogens is 977 g/mol. The Labute approximate surface area is 463 Å². The normalized spacial score (nSPS) is 13.8. The molecule has 0 amide bonds. The first-order valence-electron chi connectivity index (χ1n) is 26.9. The molecule has 16 rings (SSSR count). The van der Waals surface area contributed by atoms with Crippen molar-refractivity contribution in [1.82, 2.24) is 39.9 Å². The molecule has 9 aromatic carbocycles. The van der Waals surface area contributed by atoms with E-state index in [1.165, 1.54) is 33.4 Å². The van der Waals surface area contributed by atoms with E-state index in [0.29, 0.717) is 34.9 Å². The number of nitrogens with zero attached hydrogens (tertiary/aromatic N) is 8. The molecule has 2 atom stereocenters. The van der Waals surface area contributed by atoms with Crippen molar-refractivity contribution in [3.05, 3.63) is 301 Å². The number of hydrogen-bond donors (Lipinski definition) is 0. The lowest BCUT2D eigenvalue weighted by Gasteiger charge is -2.42. The summed E-state index contributed by atoms with van der Waals surface area (Å²) >= 11 is 0. The molecule has 4 aromatic heterocycles. The van der Waals surface area contributed by atoms with Gasteiger partial charge in [-0.05, 0) is 116 Å². The molecule has 2 bridgehead atoms. The summed E-state index contributed by atoms with van der Waals surface area (Å²) in [6, 6.07) is 89.0. The van der Waals surface area contributed by atoms with Crippen LogP contribution >= 0.6 is 0 Å². The van der Waals surface area contributed by atoms with Gasteiger partial charge in [0.1, 0.15) is 0 Å². The van der Waals surface area contributed by atoms with Crippen molar-refractivity contribution < 1.29 is 0 Å². The summed E-state index contributed by atoms with van der Waals surface area (Å²) in [5.74, 6) is 3.80. The van der Waals surface area contributed by atoms with Gasteiger partial charge in [0.05, 0.1) is 11.4 Å². The van der Waals surface area contributed by atoms with Crippen LogP contribution in [-0.2, 0) is 0 Å². The third-order valence-corrected chi connectivity index (χ3v) is 15.4. The van der Waals surface area contributed by atoms with Gasteiger partial charge < -0.3 is 0 Å². The van der Waals surface area contributed by atoms with Crippen molar-refractivity contribution in [2.75, 3.05) is 0 Å². The molecule has 0 radical (unpaired) electrons. The van der Waals surface area contributed by atoms with E-state index in [4.69, 9.17) is 29.9 Å². The van der Waals surface area contributed by atoms with Gasteiger partial charge in [0.25, 0.3) is 0 Å². The van der Waals surface area contributed by atoms with Gasteiger partial charge >= 0.3 is 0 Å². The summed E-state index contributed by atoms with van der Waals surface area (Å²) in [6.07, 6.45) is 3.63. The Hall–Kier alpha value is -10.7. The highest BCUT2D eigenvalue weighted by molar-refractivity contribution is 5.80. The fourth-order valence-corrected chi connectivity index (χ4v) is 11.7. The maximum absolute atomic E-state index is 5.16. The van der Waals surface area contributed by atoms with Gasteiger partial charge in [-0.25, -0.2) is 29.9 Å². The molecule has 13 aromatic rings. The molecule has 8 heteroatoms. The first-order valence-corrected chi connectivity index (χ1v) is 26.9. The second-order valence-corrected chi connectivity index (χ2v) is 20.3. The molecule has 0 spiro atoms. The lowest BCUT2D eigenvalue weighted by Crippen LogP contribution is -2.27. The van der Waals surface area contributed by atoms with Crippen LogP contribution in [0.3, 0.4) is 0 Å². The molecule has 4 heterocycles. The Balaban J connectivity index is 0.777. The zero-order valence-corrected chi connectivity index (χ0v) is 43.1. The van der Waals surface area contributed by atoms with Crippen molar-refractivity contribution in [2.45, 2.75) is 11.8 Å². The quantitative estimate of drug-likeness (QED) is 0.133.